The lowest BCUT2D eigenvalue weighted by atomic mass is 10.4. The van der Waals surface area contributed by atoms with Crippen molar-refractivity contribution in [1.29, 1.82) is 0 Å². The summed E-state index contributed by atoms with van der Waals surface area (Å²) in [6.07, 6.45) is -2.77. The largest absolute Gasteiger partial charge is 0.461 e. The van der Waals surface area contributed by atoms with Crippen LogP contribution in [-0.2, 0) is 4.74 Å². The molecule has 13 heavy (non-hydrogen) atoms. The third-order valence-electron chi connectivity index (χ3n) is 1.23. The van der Waals surface area contributed by atoms with Gasteiger partial charge in [-0.1, -0.05) is 5.16 Å². The fourth-order valence-corrected chi connectivity index (χ4v) is 0.693. The van der Waals surface area contributed by atoms with Crippen molar-refractivity contribution in [2.24, 2.45) is 0 Å². The minimum Gasteiger partial charge on any atom is -0.461 e. The van der Waals surface area contributed by atoms with E-state index in [1.165, 1.54) is 0 Å². The molecule has 0 aliphatic rings. The first-order valence-electron chi connectivity index (χ1n) is 3.57. The zero-order valence-electron chi connectivity index (χ0n) is 6.79. The molecular weight excluding hydrogens is 184 g/mol. The summed E-state index contributed by atoms with van der Waals surface area (Å²) in [5.74, 6) is -1.40. The van der Waals surface area contributed by atoms with Gasteiger partial charge in [-0.05, 0) is 6.92 Å². The lowest BCUT2D eigenvalue weighted by Gasteiger charge is -1.94. The number of carbonyl (C=O) groups excluding carboxylic acids is 1. The van der Waals surface area contributed by atoms with Crippen molar-refractivity contribution in [3.05, 3.63) is 17.5 Å². The summed E-state index contributed by atoms with van der Waals surface area (Å²) in [5.41, 5.74) is -0.239. The molecule has 0 radical (unpaired) electrons. The molecule has 4 nitrogen and oxygen atoms in total. The molecule has 0 unspecified atom stereocenters. The number of alkyl halides is 2. The summed E-state index contributed by atoms with van der Waals surface area (Å²) in [6, 6.07) is 0.864. The van der Waals surface area contributed by atoms with Crippen molar-refractivity contribution in [2.45, 2.75) is 13.3 Å². The average Bonchev–Trinajstić information content (AvgIpc) is 2.52. The minimum absolute atomic E-state index is 0.162. The lowest BCUT2D eigenvalue weighted by molar-refractivity contribution is 0.0513. The van der Waals surface area contributed by atoms with Crippen molar-refractivity contribution >= 4 is 5.97 Å². The second-order valence-corrected chi connectivity index (χ2v) is 2.14. The molecule has 0 amide bonds. The Hall–Kier alpha value is -1.46. The standard InChI is InChI=1S/C7H7F2NO3/c1-2-12-7(11)4-3-5(6(8)9)13-10-4/h3,6H,2H2,1H3. The van der Waals surface area contributed by atoms with E-state index < -0.39 is 18.2 Å². The molecule has 0 bridgehead atoms. The minimum atomic E-state index is -2.77. The summed E-state index contributed by atoms with van der Waals surface area (Å²) in [4.78, 5) is 10.9. The Kier molecular flexibility index (Phi) is 2.94. The maximum absolute atomic E-state index is 11.9. The highest BCUT2D eigenvalue weighted by Gasteiger charge is 2.18. The van der Waals surface area contributed by atoms with Crippen molar-refractivity contribution in [1.82, 2.24) is 5.16 Å². The van der Waals surface area contributed by atoms with Crippen LogP contribution < -0.4 is 0 Å². The predicted molar refractivity (Wildman–Crippen MR) is 37.4 cm³/mol. The number of hydrogen-bond donors (Lipinski definition) is 0. The third-order valence-corrected chi connectivity index (χ3v) is 1.23. The Bertz CT molecular complexity index is 298. The molecule has 0 aromatic carbocycles. The Morgan fingerprint density at radius 3 is 2.92 bits per heavy atom. The number of carbonyl (C=O) groups is 1. The molecule has 1 heterocycles. The van der Waals surface area contributed by atoms with Crippen LogP contribution in [0, 0.1) is 0 Å². The Morgan fingerprint density at radius 2 is 2.46 bits per heavy atom. The van der Waals surface area contributed by atoms with E-state index in [1.807, 2.05) is 0 Å². The van der Waals surface area contributed by atoms with E-state index in [1.54, 1.807) is 6.92 Å². The van der Waals surface area contributed by atoms with Crippen LogP contribution >= 0.6 is 0 Å². The van der Waals surface area contributed by atoms with Crippen molar-refractivity contribution in [2.75, 3.05) is 6.61 Å². The van der Waals surface area contributed by atoms with Crippen LogP contribution in [-0.4, -0.2) is 17.7 Å². The first-order chi connectivity index (χ1) is 6.15. The molecule has 0 aliphatic carbocycles. The Morgan fingerprint density at radius 1 is 1.77 bits per heavy atom. The van der Waals surface area contributed by atoms with Gasteiger partial charge >= 0.3 is 5.97 Å². The van der Waals surface area contributed by atoms with Gasteiger partial charge < -0.3 is 9.26 Å². The maximum atomic E-state index is 11.9. The Balaban J connectivity index is 2.73. The van der Waals surface area contributed by atoms with E-state index in [-0.39, 0.29) is 12.3 Å². The van der Waals surface area contributed by atoms with E-state index in [9.17, 15) is 13.6 Å². The number of esters is 1. The average molecular weight is 191 g/mol. The highest BCUT2D eigenvalue weighted by atomic mass is 19.3. The topological polar surface area (TPSA) is 52.3 Å². The summed E-state index contributed by atoms with van der Waals surface area (Å²) < 4.78 is 32.6. The predicted octanol–water partition coefficient (Wildman–Crippen LogP) is 1.79. The van der Waals surface area contributed by atoms with Gasteiger partial charge in [-0.25, -0.2) is 13.6 Å². The molecule has 0 atom stereocenters. The van der Waals surface area contributed by atoms with Crippen LogP contribution in [0.2, 0.25) is 0 Å². The normalized spacial score (nSPS) is 10.5. The highest BCUT2D eigenvalue weighted by Crippen LogP contribution is 2.19. The molecule has 0 N–H and O–H groups in total. The van der Waals surface area contributed by atoms with Crippen molar-refractivity contribution < 1.29 is 22.8 Å². The van der Waals surface area contributed by atoms with Crippen LogP contribution in [0.5, 0.6) is 0 Å². The molecule has 1 aromatic heterocycles. The number of halogens is 2. The number of ether oxygens (including phenoxy) is 1. The van der Waals surface area contributed by atoms with Crippen LogP contribution in [0.15, 0.2) is 10.6 Å². The van der Waals surface area contributed by atoms with E-state index in [0.717, 1.165) is 6.07 Å². The molecule has 0 aliphatic heterocycles. The fourth-order valence-electron chi connectivity index (χ4n) is 0.693. The SMILES string of the molecule is CCOC(=O)c1cc(C(F)F)on1. The van der Waals surface area contributed by atoms with E-state index in [2.05, 4.69) is 14.4 Å². The molecule has 1 aromatic rings. The van der Waals surface area contributed by atoms with Crippen LogP contribution in [0.1, 0.15) is 29.6 Å². The second-order valence-electron chi connectivity index (χ2n) is 2.14. The van der Waals surface area contributed by atoms with Gasteiger partial charge in [0.15, 0.2) is 5.69 Å². The van der Waals surface area contributed by atoms with Crippen LogP contribution in [0.25, 0.3) is 0 Å². The first-order valence-corrected chi connectivity index (χ1v) is 3.57. The molecule has 72 valence electrons. The zero-order chi connectivity index (χ0) is 9.84. The van der Waals surface area contributed by atoms with Gasteiger partial charge in [-0.2, -0.15) is 0 Å². The molecule has 1 rings (SSSR count). The van der Waals surface area contributed by atoms with Gasteiger partial charge in [0.05, 0.1) is 6.61 Å². The molecule has 0 fully saturated rings. The van der Waals surface area contributed by atoms with Crippen LogP contribution in [0.4, 0.5) is 8.78 Å². The Labute approximate surface area is 72.5 Å². The van der Waals surface area contributed by atoms with Crippen molar-refractivity contribution in [3.63, 3.8) is 0 Å². The molecule has 6 heteroatoms. The number of aromatic nitrogens is 1. The van der Waals surface area contributed by atoms with Gasteiger partial charge in [-0.3, -0.25) is 0 Å². The highest BCUT2D eigenvalue weighted by molar-refractivity contribution is 5.87. The smallest absolute Gasteiger partial charge is 0.360 e. The summed E-state index contributed by atoms with van der Waals surface area (Å²) in [5, 5.41) is 3.13. The third kappa shape index (κ3) is 2.24. The lowest BCUT2D eigenvalue weighted by Crippen LogP contribution is -2.04. The summed E-state index contributed by atoms with van der Waals surface area (Å²) in [7, 11) is 0. The van der Waals surface area contributed by atoms with Gasteiger partial charge in [0.25, 0.3) is 6.43 Å². The molecule has 0 saturated heterocycles. The second kappa shape index (κ2) is 3.97. The summed E-state index contributed by atoms with van der Waals surface area (Å²) >= 11 is 0. The number of nitrogens with zero attached hydrogens (tertiary/aromatic N) is 1. The van der Waals surface area contributed by atoms with Gasteiger partial charge in [0.1, 0.15) is 0 Å². The fraction of sp³-hybridized carbons (Fsp3) is 0.429. The maximum Gasteiger partial charge on any atom is 0.360 e. The number of rotatable bonds is 3. The van der Waals surface area contributed by atoms with E-state index in [0.29, 0.717) is 0 Å². The van der Waals surface area contributed by atoms with E-state index in [4.69, 9.17) is 0 Å². The quantitative estimate of drug-likeness (QED) is 0.683. The van der Waals surface area contributed by atoms with Crippen molar-refractivity contribution in [3.8, 4) is 0 Å². The molecule has 0 spiro atoms. The first kappa shape index (κ1) is 9.63. The van der Waals surface area contributed by atoms with Gasteiger partial charge in [-0.15, -0.1) is 0 Å². The zero-order valence-corrected chi connectivity index (χ0v) is 6.79. The number of hydrogen-bond acceptors (Lipinski definition) is 4. The summed E-state index contributed by atoms with van der Waals surface area (Å²) in [6.45, 7) is 1.77. The van der Waals surface area contributed by atoms with E-state index >= 15 is 0 Å². The monoisotopic (exact) mass is 191 g/mol. The molecular formula is C7H7F2NO3. The van der Waals surface area contributed by atoms with Crippen LogP contribution in [0.3, 0.4) is 0 Å². The molecule has 0 saturated carbocycles. The van der Waals surface area contributed by atoms with Gasteiger partial charge in [0, 0.05) is 6.07 Å². The van der Waals surface area contributed by atoms with Gasteiger partial charge in [0.2, 0.25) is 5.76 Å².